The van der Waals surface area contributed by atoms with Crippen molar-refractivity contribution < 1.29 is 32.2 Å². The van der Waals surface area contributed by atoms with Gasteiger partial charge < -0.3 is 14.8 Å². The number of thioether (sulfide) groups is 1. The van der Waals surface area contributed by atoms with Crippen molar-refractivity contribution in [1.82, 2.24) is 14.8 Å². The van der Waals surface area contributed by atoms with Gasteiger partial charge in [0.25, 0.3) is 0 Å². The number of allylic oxidation sites excluding steroid dienone is 1. The van der Waals surface area contributed by atoms with Gasteiger partial charge in [-0.25, -0.2) is 4.79 Å². The Morgan fingerprint density at radius 2 is 2.05 bits per heavy atom. The van der Waals surface area contributed by atoms with Crippen LogP contribution in [0.1, 0.15) is 39.1 Å². The SMILES string of the molecule is C=CCn1c(COc2cccc(C(F)(F)F)c2)nnc1SCC(=O)Nc1sc(C)c(CC)c1C(=O)OC. The molecule has 0 unspecified atom stereocenters. The molecule has 3 rings (SSSR count). The number of benzene rings is 1. The van der Waals surface area contributed by atoms with Crippen LogP contribution < -0.4 is 10.1 Å². The smallest absolute Gasteiger partial charge is 0.416 e. The highest BCUT2D eigenvalue weighted by Gasteiger charge is 2.30. The lowest BCUT2D eigenvalue weighted by Crippen LogP contribution is -2.17. The molecule has 1 N–H and O–H groups in total. The molecule has 0 spiro atoms. The van der Waals surface area contributed by atoms with Crippen LogP contribution in [-0.4, -0.2) is 39.5 Å². The number of halogens is 3. The number of rotatable bonds is 11. The molecule has 0 aliphatic rings. The monoisotopic (exact) mass is 554 g/mol. The first-order valence-electron chi connectivity index (χ1n) is 11.0. The van der Waals surface area contributed by atoms with Gasteiger partial charge in [0.05, 0.1) is 24.0 Å². The maximum Gasteiger partial charge on any atom is 0.416 e. The fourth-order valence-electron chi connectivity index (χ4n) is 3.46. The van der Waals surface area contributed by atoms with E-state index in [2.05, 4.69) is 22.1 Å². The second kappa shape index (κ2) is 12.3. The summed E-state index contributed by atoms with van der Waals surface area (Å²) in [5.74, 6) is -0.498. The number of amides is 1. The third kappa shape index (κ3) is 6.92. The summed E-state index contributed by atoms with van der Waals surface area (Å²) in [6, 6.07) is 4.55. The Kier molecular flexibility index (Phi) is 9.38. The molecule has 0 radical (unpaired) electrons. The number of alkyl halides is 3. The molecule has 0 aliphatic heterocycles. The Morgan fingerprint density at radius 3 is 2.70 bits per heavy atom. The first-order valence-corrected chi connectivity index (χ1v) is 12.8. The molecule has 37 heavy (non-hydrogen) atoms. The second-order valence-corrected chi connectivity index (χ2v) is 9.80. The second-order valence-electron chi connectivity index (χ2n) is 7.64. The number of nitrogens with one attached hydrogen (secondary N) is 1. The van der Waals surface area contributed by atoms with Gasteiger partial charge in [0.15, 0.2) is 11.0 Å². The lowest BCUT2D eigenvalue weighted by Gasteiger charge is -2.11. The van der Waals surface area contributed by atoms with Gasteiger partial charge in [-0.2, -0.15) is 13.2 Å². The lowest BCUT2D eigenvalue weighted by atomic mass is 10.1. The van der Waals surface area contributed by atoms with Crippen LogP contribution in [0.2, 0.25) is 0 Å². The topological polar surface area (TPSA) is 95.3 Å². The summed E-state index contributed by atoms with van der Waals surface area (Å²) in [6.07, 6.45) is -2.26. The molecule has 2 aromatic heterocycles. The summed E-state index contributed by atoms with van der Waals surface area (Å²) < 4.78 is 50.9. The van der Waals surface area contributed by atoms with E-state index in [9.17, 15) is 22.8 Å². The van der Waals surface area contributed by atoms with Crippen molar-refractivity contribution in [2.75, 3.05) is 18.2 Å². The molecule has 0 fully saturated rings. The zero-order chi connectivity index (χ0) is 27.2. The molecular weight excluding hydrogens is 529 g/mol. The van der Waals surface area contributed by atoms with Crippen LogP contribution in [0.3, 0.4) is 0 Å². The summed E-state index contributed by atoms with van der Waals surface area (Å²) in [6.45, 7) is 7.67. The summed E-state index contributed by atoms with van der Waals surface area (Å²) in [7, 11) is 1.29. The van der Waals surface area contributed by atoms with Gasteiger partial charge in [-0.05, 0) is 37.1 Å². The zero-order valence-corrected chi connectivity index (χ0v) is 22.0. The number of esters is 1. The molecule has 0 atom stereocenters. The quantitative estimate of drug-likeness (QED) is 0.190. The highest BCUT2D eigenvalue weighted by atomic mass is 32.2. The first kappa shape index (κ1) is 28.3. The molecule has 0 bridgehead atoms. The number of methoxy groups -OCH3 is 1. The van der Waals surface area contributed by atoms with Crippen molar-refractivity contribution in [3.05, 3.63) is 64.3 Å². The maximum atomic E-state index is 13.0. The average Bonchev–Trinajstić information content (AvgIpc) is 3.39. The van der Waals surface area contributed by atoms with Crippen LogP contribution in [0.25, 0.3) is 0 Å². The highest BCUT2D eigenvalue weighted by Crippen LogP contribution is 2.34. The minimum Gasteiger partial charge on any atom is -0.486 e. The van der Waals surface area contributed by atoms with Crippen molar-refractivity contribution in [2.24, 2.45) is 0 Å². The standard InChI is InChI=1S/C24H25F3N4O4S2/c1-5-10-31-18(12-35-16-9-7-8-15(11-16)24(25,26)27)29-30-23(31)36-13-19(32)28-21-20(22(33)34-4)17(6-2)14(3)37-21/h5,7-9,11H,1,6,10,12-13H2,2-4H3,(H,28,32). The third-order valence-electron chi connectivity index (χ3n) is 5.17. The molecule has 8 nitrogen and oxygen atoms in total. The van der Waals surface area contributed by atoms with Gasteiger partial charge in [0, 0.05) is 11.4 Å². The third-order valence-corrected chi connectivity index (χ3v) is 7.20. The predicted molar refractivity (Wildman–Crippen MR) is 135 cm³/mol. The number of aromatic nitrogens is 3. The number of carbonyl (C=O) groups is 2. The van der Waals surface area contributed by atoms with E-state index in [4.69, 9.17) is 9.47 Å². The van der Waals surface area contributed by atoms with E-state index in [1.54, 1.807) is 10.6 Å². The Balaban J connectivity index is 1.68. The van der Waals surface area contributed by atoms with E-state index in [-0.39, 0.29) is 24.0 Å². The number of hydrogen-bond acceptors (Lipinski definition) is 8. The van der Waals surface area contributed by atoms with Crippen LogP contribution in [-0.2, 0) is 35.3 Å². The molecule has 2 heterocycles. The number of thiophene rings is 1. The van der Waals surface area contributed by atoms with E-state index in [1.165, 1.54) is 30.6 Å². The predicted octanol–water partition coefficient (Wildman–Crippen LogP) is 5.51. The summed E-state index contributed by atoms with van der Waals surface area (Å²) in [4.78, 5) is 25.9. The molecular formula is C24H25F3N4O4S2. The molecule has 0 saturated heterocycles. The number of anilines is 1. The van der Waals surface area contributed by atoms with Gasteiger partial charge in [-0.1, -0.05) is 30.8 Å². The van der Waals surface area contributed by atoms with E-state index < -0.39 is 17.7 Å². The van der Waals surface area contributed by atoms with Gasteiger partial charge >= 0.3 is 12.1 Å². The Morgan fingerprint density at radius 1 is 1.30 bits per heavy atom. The van der Waals surface area contributed by atoms with Crippen molar-refractivity contribution in [2.45, 2.75) is 44.8 Å². The van der Waals surface area contributed by atoms with Crippen LogP contribution in [0.5, 0.6) is 5.75 Å². The van der Waals surface area contributed by atoms with Gasteiger partial charge in [0.2, 0.25) is 5.91 Å². The number of nitrogens with zero attached hydrogens (tertiary/aromatic N) is 3. The van der Waals surface area contributed by atoms with Crippen molar-refractivity contribution in [1.29, 1.82) is 0 Å². The van der Waals surface area contributed by atoms with Gasteiger partial charge in [0.1, 0.15) is 17.4 Å². The van der Waals surface area contributed by atoms with Gasteiger partial charge in [-0.3, -0.25) is 9.36 Å². The minimum absolute atomic E-state index is 0.0250. The molecule has 3 aromatic rings. The van der Waals surface area contributed by atoms with E-state index in [0.29, 0.717) is 34.5 Å². The minimum atomic E-state index is -4.48. The molecule has 13 heteroatoms. The van der Waals surface area contributed by atoms with E-state index in [1.807, 2.05) is 13.8 Å². The van der Waals surface area contributed by atoms with E-state index in [0.717, 1.165) is 34.3 Å². The molecule has 1 aromatic carbocycles. The normalized spacial score (nSPS) is 11.3. The number of ether oxygens (including phenoxy) is 2. The van der Waals surface area contributed by atoms with Crippen LogP contribution in [0, 0.1) is 6.92 Å². The number of carbonyl (C=O) groups excluding carboxylic acids is 2. The zero-order valence-electron chi connectivity index (χ0n) is 20.3. The Hall–Kier alpha value is -3.32. The average molecular weight is 555 g/mol. The molecule has 0 saturated carbocycles. The fourth-order valence-corrected chi connectivity index (χ4v) is 5.37. The molecule has 198 valence electrons. The highest BCUT2D eigenvalue weighted by molar-refractivity contribution is 7.99. The number of hydrogen-bond donors (Lipinski definition) is 1. The van der Waals surface area contributed by atoms with Crippen molar-refractivity contribution >= 4 is 40.0 Å². The van der Waals surface area contributed by atoms with Crippen molar-refractivity contribution in [3.63, 3.8) is 0 Å². The summed E-state index contributed by atoms with van der Waals surface area (Å²) in [5.41, 5.74) is 0.368. The fraction of sp³-hybridized carbons (Fsp3) is 0.333. The van der Waals surface area contributed by atoms with Crippen LogP contribution in [0.15, 0.2) is 42.1 Å². The molecule has 1 amide bonds. The van der Waals surface area contributed by atoms with Crippen LogP contribution >= 0.6 is 23.1 Å². The van der Waals surface area contributed by atoms with Gasteiger partial charge in [-0.15, -0.1) is 28.1 Å². The Bertz CT molecular complexity index is 1290. The Labute approximate surface area is 219 Å². The maximum absolute atomic E-state index is 13.0. The summed E-state index contributed by atoms with van der Waals surface area (Å²) >= 11 is 2.42. The van der Waals surface area contributed by atoms with Crippen molar-refractivity contribution in [3.8, 4) is 5.75 Å². The molecule has 0 aliphatic carbocycles. The summed E-state index contributed by atoms with van der Waals surface area (Å²) in [5, 5.41) is 11.8. The van der Waals surface area contributed by atoms with E-state index >= 15 is 0 Å². The largest absolute Gasteiger partial charge is 0.486 e. The first-order chi connectivity index (χ1) is 17.6. The number of aryl methyl sites for hydroxylation is 1. The lowest BCUT2D eigenvalue weighted by molar-refractivity contribution is -0.137. The van der Waals surface area contributed by atoms with Crippen LogP contribution in [0.4, 0.5) is 18.2 Å².